The maximum absolute atomic E-state index is 14.3. The Morgan fingerprint density at radius 1 is 0.778 bits per heavy atom. The normalized spacial score (nSPS) is 22.9. The Labute approximate surface area is 322 Å². The molecule has 286 valence electrons. The van der Waals surface area contributed by atoms with Gasteiger partial charge in [-0.15, -0.1) is 11.8 Å². The second kappa shape index (κ2) is 19.1. The van der Waals surface area contributed by atoms with E-state index in [9.17, 15) is 24.0 Å². The molecular formula is C42H51N5O6S. The van der Waals surface area contributed by atoms with Crippen molar-refractivity contribution < 1.29 is 28.7 Å². The number of aromatic nitrogens is 1. The van der Waals surface area contributed by atoms with E-state index in [0.29, 0.717) is 62.9 Å². The Kier molecular flexibility index (Phi) is 13.8. The summed E-state index contributed by atoms with van der Waals surface area (Å²) in [6, 6.07) is 21.1. The molecule has 6 rings (SSSR count). The number of esters is 1. The quantitative estimate of drug-likeness (QED) is 0.231. The predicted octanol–water partition coefficient (Wildman–Crippen LogP) is 5.08. The van der Waals surface area contributed by atoms with E-state index in [0.717, 1.165) is 36.8 Å². The molecule has 3 aliphatic rings. The van der Waals surface area contributed by atoms with Gasteiger partial charge in [0.15, 0.2) is 0 Å². The molecule has 0 saturated carbocycles. The number of benzene rings is 2. The van der Waals surface area contributed by atoms with Gasteiger partial charge in [-0.3, -0.25) is 24.2 Å². The van der Waals surface area contributed by atoms with Gasteiger partial charge in [0.05, 0.1) is 24.4 Å². The van der Waals surface area contributed by atoms with Crippen LogP contribution in [0, 0.1) is 11.8 Å². The summed E-state index contributed by atoms with van der Waals surface area (Å²) in [5.41, 5.74) is 2.68. The number of piperidine rings is 1. The molecule has 0 radical (unpaired) electrons. The summed E-state index contributed by atoms with van der Waals surface area (Å²) in [5.74, 6) is -1.66. The fraction of sp³-hybridized carbons (Fsp3) is 0.476. The van der Waals surface area contributed by atoms with Crippen molar-refractivity contribution in [2.24, 2.45) is 11.8 Å². The molecule has 11 nitrogen and oxygen atoms in total. The minimum absolute atomic E-state index is 0.133. The Hall–Kier alpha value is -4.71. The van der Waals surface area contributed by atoms with Gasteiger partial charge >= 0.3 is 5.97 Å². The molecule has 4 heterocycles. The van der Waals surface area contributed by atoms with Crippen LogP contribution in [-0.2, 0) is 41.6 Å². The third kappa shape index (κ3) is 9.88. The number of pyridine rings is 1. The van der Waals surface area contributed by atoms with Crippen LogP contribution in [0.3, 0.4) is 0 Å². The van der Waals surface area contributed by atoms with Crippen LogP contribution in [0.5, 0.6) is 0 Å². The summed E-state index contributed by atoms with van der Waals surface area (Å²) in [5, 5.41) is 6.07. The van der Waals surface area contributed by atoms with Gasteiger partial charge in [0, 0.05) is 24.6 Å². The zero-order valence-electron chi connectivity index (χ0n) is 30.9. The smallest absolute Gasteiger partial charge is 0.328 e. The predicted molar refractivity (Wildman–Crippen MR) is 208 cm³/mol. The number of fused-ring (bicyclic) bond motifs is 1. The monoisotopic (exact) mass is 753 g/mol. The molecular weight excluding hydrogens is 703 g/mol. The van der Waals surface area contributed by atoms with E-state index in [1.54, 1.807) is 40.0 Å². The maximum Gasteiger partial charge on any atom is 0.328 e. The van der Waals surface area contributed by atoms with Crippen LogP contribution in [0.1, 0.15) is 68.9 Å². The third-order valence-electron chi connectivity index (χ3n) is 10.9. The number of nitrogens with one attached hydrogen (secondary N) is 2. The molecule has 3 aliphatic heterocycles. The number of hydrogen-bond acceptors (Lipinski definition) is 8. The number of carbonyl (C=O) groups excluding carboxylic acids is 5. The second-order valence-corrected chi connectivity index (χ2v) is 15.8. The molecule has 0 aliphatic carbocycles. The largest absolute Gasteiger partial charge is 0.467 e. The molecule has 2 aromatic carbocycles. The Bertz CT molecular complexity index is 1730. The Morgan fingerprint density at radius 3 is 2.00 bits per heavy atom. The van der Waals surface area contributed by atoms with E-state index in [1.165, 1.54) is 7.11 Å². The summed E-state index contributed by atoms with van der Waals surface area (Å²) in [6.07, 6.45) is 9.77. The SMILES string of the molecule is COC(=O)C1CCCC2SCCC(NC(=O)C(CCC(Cc3ccccc3)C(=O)NC3CCCCN(c4cccnc4)C3=O)Cc3ccccc3)C(=O)N21. The first-order valence-corrected chi connectivity index (χ1v) is 20.3. The molecule has 3 aromatic rings. The van der Waals surface area contributed by atoms with Gasteiger partial charge in [-0.05, 0) is 99.6 Å². The van der Waals surface area contributed by atoms with Crippen LogP contribution in [0.2, 0.25) is 0 Å². The lowest BCUT2D eigenvalue weighted by Gasteiger charge is -2.40. The average molecular weight is 754 g/mol. The summed E-state index contributed by atoms with van der Waals surface area (Å²) >= 11 is 1.65. The van der Waals surface area contributed by atoms with Crippen molar-refractivity contribution in [1.82, 2.24) is 20.5 Å². The number of ether oxygens (including phenoxy) is 1. The van der Waals surface area contributed by atoms with Gasteiger partial charge in [-0.2, -0.15) is 0 Å². The van der Waals surface area contributed by atoms with Crippen molar-refractivity contribution in [2.75, 3.05) is 24.3 Å². The number of anilines is 1. The number of nitrogens with zero attached hydrogens (tertiary/aromatic N) is 3. The second-order valence-electron chi connectivity index (χ2n) is 14.5. The lowest BCUT2D eigenvalue weighted by molar-refractivity contribution is -0.156. The summed E-state index contributed by atoms with van der Waals surface area (Å²) in [7, 11) is 1.34. The molecule has 2 N–H and O–H groups in total. The first-order valence-electron chi connectivity index (χ1n) is 19.2. The highest BCUT2D eigenvalue weighted by Crippen LogP contribution is 2.35. The molecule has 6 unspecified atom stereocenters. The van der Waals surface area contributed by atoms with Crippen LogP contribution >= 0.6 is 11.8 Å². The summed E-state index contributed by atoms with van der Waals surface area (Å²) in [4.78, 5) is 76.6. The highest BCUT2D eigenvalue weighted by molar-refractivity contribution is 7.99. The summed E-state index contributed by atoms with van der Waals surface area (Å²) < 4.78 is 5.06. The molecule has 4 amide bonds. The average Bonchev–Trinajstić information content (AvgIpc) is 3.48. The van der Waals surface area contributed by atoms with Crippen molar-refractivity contribution in [3.63, 3.8) is 0 Å². The fourth-order valence-corrected chi connectivity index (χ4v) is 9.31. The zero-order valence-corrected chi connectivity index (χ0v) is 31.8. The lowest BCUT2D eigenvalue weighted by atomic mass is 9.86. The van der Waals surface area contributed by atoms with Gasteiger partial charge < -0.3 is 25.2 Å². The molecule has 12 heteroatoms. The van der Waals surface area contributed by atoms with Crippen LogP contribution in [-0.4, -0.2) is 82.4 Å². The third-order valence-corrected chi connectivity index (χ3v) is 12.2. The molecule has 54 heavy (non-hydrogen) atoms. The molecule has 1 aromatic heterocycles. The number of carbonyl (C=O) groups is 5. The van der Waals surface area contributed by atoms with E-state index in [2.05, 4.69) is 15.6 Å². The first kappa shape index (κ1) is 39.0. The topological polar surface area (TPSA) is 138 Å². The van der Waals surface area contributed by atoms with Crippen molar-refractivity contribution in [3.05, 3.63) is 96.3 Å². The first-order chi connectivity index (χ1) is 26.3. The highest BCUT2D eigenvalue weighted by atomic mass is 32.2. The summed E-state index contributed by atoms with van der Waals surface area (Å²) in [6.45, 7) is 0.560. The van der Waals surface area contributed by atoms with E-state index >= 15 is 0 Å². The van der Waals surface area contributed by atoms with Crippen molar-refractivity contribution >= 4 is 47.0 Å². The maximum atomic E-state index is 14.3. The standard InChI is InChI=1S/C42H51N5O6S/c1-53-42(52)36-18-10-19-37-47(36)41(51)35(22-25-54-37)45-39(49)32(27-30-14-6-3-7-15-30)21-20-31(26-29-12-4-2-5-13-29)38(48)44-34-17-8-9-24-46(40(34)50)33-16-11-23-43-28-33/h2-7,11-16,23,28,31-32,34-37H,8-10,17-22,24-27H2,1H3,(H,44,48)(H,45,49). The number of methoxy groups -OCH3 is 1. The van der Waals surface area contributed by atoms with Gasteiger partial charge in [-0.25, -0.2) is 4.79 Å². The molecule has 0 spiro atoms. The Balaban J connectivity index is 1.20. The molecule has 6 atom stereocenters. The lowest BCUT2D eigenvalue weighted by Crippen LogP contribution is -2.57. The minimum atomic E-state index is -0.772. The highest BCUT2D eigenvalue weighted by Gasteiger charge is 2.44. The number of hydrogen-bond donors (Lipinski definition) is 2. The molecule has 3 saturated heterocycles. The van der Waals surface area contributed by atoms with Crippen LogP contribution < -0.4 is 15.5 Å². The minimum Gasteiger partial charge on any atom is -0.467 e. The van der Waals surface area contributed by atoms with E-state index in [-0.39, 0.29) is 29.0 Å². The number of thioether (sulfide) groups is 1. The number of amides is 4. The fourth-order valence-electron chi connectivity index (χ4n) is 7.92. The Morgan fingerprint density at radius 2 is 1.41 bits per heavy atom. The molecule has 0 bridgehead atoms. The van der Waals surface area contributed by atoms with Gasteiger partial charge in [0.1, 0.15) is 18.1 Å². The van der Waals surface area contributed by atoms with Crippen molar-refractivity contribution in [3.8, 4) is 0 Å². The van der Waals surface area contributed by atoms with Crippen LogP contribution in [0.25, 0.3) is 0 Å². The van der Waals surface area contributed by atoms with Crippen molar-refractivity contribution in [1.29, 1.82) is 0 Å². The zero-order chi connectivity index (χ0) is 37.9. The van der Waals surface area contributed by atoms with E-state index < -0.39 is 35.9 Å². The van der Waals surface area contributed by atoms with Gasteiger partial charge in [-0.1, -0.05) is 60.7 Å². The van der Waals surface area contributed by atoms with E-state index in [4.69, 9.17) is 4.74 Å². The van der Waals surface area contributed by atoms with Gasteiger partial charge in [0.25, 0.3) is 0 Å². The van der Waals surface area contributed by atoms with E-state index in [1.807, 2.05) is 66.7 Å². The molecule has 3 fully saturated rings. The number of rotatable bonds is 13. The van der Waals surface area contributed by atoms with Crippen LogP contribution in [0.4, 0.5) is 5.69 Å². The van der Waals surface area contributed by atoms with Gasteiger partial charge in [0.2, 0.25) is 23.6 Å². The van der Waals surface area contributed by atoms with Crippen molar-refractivity contribution in [2.45, 2.75) is 94.1 Å². The van der Waals surface area contributed by atoms with Crippen LogP contribution in [0.15, 0.2) is 85.2 Å².